The van der Waals surface area contributed by atoms with E-state index in [1.807, 2.05) is 35.0 Å². The average molecular weight is 429 g/mol. The molecule has 2 saturated carbocycles. The number of carbonyl (C=O) groups is 2. The first-order chi connectivity index (χ1) is 14.5. The molecule has 1 aromatic carbocycles. The maximum Gasteiger partial charge on any atom is 0.321 e. The van der Waals surface area contributed by atoms with Crippen LogP contribution >= 0.6 is 11.8 Å². The molecule has 4 rings (SSSR count). The first-order valence-corrected chi connectivity index (χ1v) is 11.4. The zero-order valence-electron chi connectivity index (χ0n) is 17.3. The summed E-state index contributed by atoms with van der Waals surface area (Å²) < 4.78 is 7.08. The number of carbonyl (C=O) groups excluding carboxylic acids is 2. The van der Waals surface area contributed by atoms with Crippen molar-refractivity contribution in [3.05, 3.63) is 36.7 Å². The van der Waals surface area contributed by atoms with E-state index in [1.165, 1.54) is 37.4 Å². The number of hydrogen-bond acceptors (Lipinski definition) is 5. The summed E-state index contributed by atoms with van der Waals surface area (Å²) in [7, 11) is 1.63. The van der Waals surface area contributed by atoms with Crippen LogP contribution in [0.4, 0.5) is 4.79 Å². The number of urea groups is 1. The van der Waals surface area contributed by atoms with Crippen molar-refractivity contribution in [2.24, 2.45) is 17.8 Å². The molecular weight excluding hydrogens is 400 g/mol. The molecular formula is C22H28N4O3S. The number of benzene rings is 1. The number of imide groups is 1. The van der Waals surface area contributed by atoms with Crippen LogP contribution in [-0.4, -0.2) is 40.4 Å². The summed E-state index contributed by atoms with van der Waals surface area (Å²) in [6.07, 6.45) is 8.64. The molecule has 4 unspecified atom stereocenters. The van der Waals surface area contributed by atoms with Crippen LogP contribution in [-0.2, 0) is 4.79 Å². The number of aromatic nitrogens is 2. The van der Waals surface area contributed by atoms with Gasteiger partial charge in [-0.2, -0.15) is 0 Å². The van der Waals surface area contributed by atoms with Gasteiger partial charge in [0.15, 0.2) is 5.16 Å². The van der Waals surface area contributed by atoms with Gasteiger partial charge < -0.3 is 10.1 Å². The Hall–Kier alpha value is -2.48. The zero-order chi connectivity index (χ0) is 21.1. The van der Waals surface area contributed by atoms with E-state index in [2.05, 4.69) is 22.5 Å². The zero-order valence-corrected chi connectivity index (χ0v) is 18.2. The number of fused-ring (bicyclic) bond motifs is 2. The van der Waals surface area contributed by atoms with Gasteiger partial charge in [-0.15, -0.1) is 0 Å². The molecule has 0 aliphatic heterocycles. The van der Waals surface area contributed by atoms with Crippen LogP contribution in [0.1, 0.15) is 32.6 Å². The topological polar surface area (TPSA) is 85.2 Å². The van der Waals surface area contributed by atoms with Crippen LogP contribution in [0.15, 0.2) is 41.8 Å². The molecule has 4 atom stereocenters. The van der Waals surface area contributed by atoms with Crippen molar-refractivity contribution in [1.82, 2.24) is 20.2 Å². The second-order valence-corrected chi connectivity index (χ2v) is 9.16. The number of rotatable bonds is 7. The summed E-state index contributed by atoms with van der Waals surface area (Å²) in [6.45, 7) is 2.05. The van der Waals surface area contributed by atoms with E-state index in [1.54, 1.807) is 13.3 Å². The van der Waals surface area contributed by atoms with E-state index in [-0.39, 0.29) is 17.7 Å². The number of nitrogens with one attached hydrogen (secondary N) is 2. The van der Waals surface area contributed by atoms with Gasteiger partial charge in [-0.25, -0.2) is 9.78 Å². The molecule has 8 heteroatoms. The molecule has 0 saturated heterocycles. The Morgan fingerprint density at radius 2 is 2.07 bits per heavy atom. The number of amides is 3. The van der Waals surface area contributed by atoms with Gasteiger partial charge in [0.05, 0.1) is 12.9 Å². The Kier molecular flexibility index (Phi) is 6.32. The molecule has 160 valence electrons. The molecule has 2 bridgehead atoms. The van der Waals surface area contributed by atoms with Crippen LogP contribution in [0, 0.1) is 17.8 Å². The molecule has 3 amide bonds. The normalized spacial score (nSPS) is 23.2. The molecule has 2 aromatic rings. The molecule has 0 radical (unpaired) electrons. The predicted molar refractivity (Wildman–Crippen MR) is 116 cm³/mol. The van der Waals surface area contributed by atoms with Crippen molar-refractivity contribution in [2.45, 2.75) is 43.8 Å². The average Bonchev–Trinajstić information content (AvgIpc) is 3.49. The van der Waals surface area contributed by atoms with E-state index in [4.69, 9.17) is 4.74 Å². The molecule has 0 spiro atoms. The van der Waals surface area contributed by atoms with Gasteiger partial charge in [-0.1, -0.05) is 18.2 Å². The lowest BCUT2D eigenvalue weighted by Gasteiger charge is -2.28. The third kappa shape index (κ3) is 4.64. The summed E-state index contributed by atoms with van der Waals surface area (Å²) in [6, 6.07) is 7.28. The number of nitrogens with zero attached hydrogens (tertiary/aromatic N) is 2. The fourth-order valence-electron chi connectivity index (χ4n) is 4.88. The minimum atomic E-state index is -0.408. The van der Waals surface area contributed by atoms with Crippen LogP contribution in [0.3, 0.4) is 0 Å². The molecule has 2 fully saturated rings. The molecule has 1 aromatic heterocycles. The van der Waals surface area contributed by atoms with Gasteiger partial charge in [0, 0.05) is 24.1 Å². The standard InChI is InChI=1S/C22H28N4O3S/c1-14(19-12-15-3-4-16(19)11-15)24-21(28)25-20(27)13-30-22-23-9-10-26(22)17-5-7-18(29-2)8-6-17/h5-10,14-16,19H,3-4,11-13H2,1-2H3,(H2,24,25,27,28). The number of imidazole rings is 1. The summed E-state index contributed by atoms with van der Waals surface area (Å²) >= 11 is 1.29. The van der Waals surface area contributed by atoms with Gasteiger partial charge in [-0.3, -0.25) is 14.7 Å². The fraction of sp³-hybridized carbons (Fsp3) is 0.500. The quantitative estimate of drug-likeness (QED) is 0.658. The van der Waals surface area contributed by atoms with Crippen LogP contribution < -0.4 is 15.4 Å². The highest BCUT2D eigenvalue weighted by molar-refractivity contribution is 7.99. The Bertz CT molecular complexity index is 898. The third-order valence-corrected chi connectivity index (χ3v) is 7.30. The van der Waals surface area contributed by atoms with E-state index >= 15 is 0 Å². The lowest BCUT2D eigenvalue weighted by molar-refractivity contribution is -0.117. The molecule has 2 aliphatic rings. The molecule has 1 heterocycles. The van der Waals surface area contributed by atoms with Crippen molar-refractivity contribution in [1.29, 1.82) is 0 Å². The highest BCUT2D eigenvalue weighted by atomic mass is 32.2. The Morgan fingerprint density at radius 1 is 1.27 bits per heavy atom. The summed E-state index contributed by atoms with van der Waals surface area (Å²) in [5.74, 6) is 2.66. The summed E-state index contributed by atoms with van der Waals surface area (Å²) in [5, 5.41) is 6.10. The first-order valence-electron chi connectivity index (χ1n) is 10.4. The van der Waals surface area contributed by atoms with Crippen molar-refractivity contribution in [3.8, 4) is 11.4 Å². The second kappa shape index (κ2) is 9.12. The number of methoxy groups -OCH3 is 1. The maximum absolute atomic E-state index is 12.3. The van der Waals surface area contributed by atoms with E-state index < -0.39 is 6.03 Å². The lowest BCUT2D eigenvalue weighted by Crippen LogP contribution is -2.47. The minimum absolute atomic E-state index is 0.0923. The van der Waals surface area contributed by atoms with Gasteiger partial charge in [0.25, 0.3) is 0 Å². The Morgan fingerprint density at radius 3 is 2.73 bits per heavy atom. The van der Waals surface area contributed by atoms with E-state index in [0.29, 0.717) is 11.1 Å². The Labute approximate surface area is 181 Å². The van der Waals surface area contributed by atoms with E-state index in [0.717, 1.165) is 23.3 Å². The van der Waals surface area contributed by atoms with Gasteiger partial charge >= 0.3 is 6.03 Å². The van der Waals surface area contributed by atoms with Crippen molar-refractivity contribution in [3.63, 3.8) is 0 Å². The lowest BCUT2D eigenvalue weighted by atomic mass is 9.84. The predicted octanol–water partition coefficient (Wildman–Crippen LogP) is 3.62. The molecule has 30 heavy (non-hydrogen) atoms. The highest BCUT2D eigenvalue weighted by Gasteiger charge is 2.42. The van der Waals surface area contributed by atoms with Crippen LogP contribution in [0.2, 0.25) is 0 Å². The number of thioether (sulfide) groups is 1. The summed E-state index contributed by atoms with van der Waals surface area (Å²) in [4.78, 5) is 28.8. The molecule has 7 nitrogen and oxygen atoms in total. The van der Waals surface area contributed by atoms with Crippen LogP contribution in [0.5, 0.6) is 5.75 Å². The minimum Gasteiger partial charge on any atom is -0.497 e. The Balaban J connectivity index is 1.26. The van der Waals surface area contributed by atoms with Gasteiger partial charge in [0.2, 0.25) is 5.91 Å². The first kappa shape index (κ1) is 20.8. The monoisotopic (exact) mass is 428 g/mol. The third-order valence-electron chi connectivity index (χ3n) is 6.34. The second-order valence-electron chi connectivity index (χ2n) is 8.22. The molecule has 2 N–H and O–H groups in total. The largest absolute Gasteiger partial charge is 0.497 e. The number of hydrogen-bond donors (Lipinski definition) is 2. The fourth-order valence-corrected chi connectivity index (χ4v) is 5.66. The summed E-state index contributed by atoms with van der Waals surface area (Å²) in [5.41, 5.74) is 0.925. The van der Waals surface area contributed by atoms with E-state index in [9.17, 15) is 9.59 Å². The highest BCUT2D eigenvalue weighted by Crippen LogP contribution is 2.49. The van der Waals surface area contributed by atoms with Crippen molar-refractivity contribution < 1.29 is 14.3 Å². The maximum atomic E-state index is 12.3. The SMILES string of the molecule is COc1ccc(-n2ccnc2SCC(=O)NC(=O)NC(C)C2CC3CCC2C3)cc1. The molecule has 2 aliphatic carbocycles. The van der Waals surface area contributed by atoms with Gasteiger partial charge in [-0.05, 0) is 68.2 Å². The smallest absolute Gasteiger partial charge is 0.321 e. The van der Waals surface area contributed by atoms with Crippen molar-refractivity contribution in [2.75, 3.05) is 12.9 Å². The number of ether oxygens (including phenoxy) is 1. The van der Waals surface area contributed by atoms with Crippen LogP contribution in [0.25, 0.3) is 5.69 Å². The van der Waals surface area contributed by atoms with Crippen molar-refractivity contribution >= 4 is 23.7 Å². The van der Waals surface area contributed by atoms with Gasteiger partial charge in [0.1, 0.15) is 5.75 Å².